The summed E-state index contributed by atoms with van der Waals surface area (Å²) in [6, 6.07) is 13.6. The summed E-state index contributed by atoms with van der Waals surface area (Å²) < 4.78 is 7.63. The summed E-state index contributed by atoms with van der Waals surface area (Å²) in [5.74, 6) is 0.755. The van der Waals surface area contributed by atoms with Gasteiger partial charge in [0, 0.05) is 8.95 Å². The third-order valence-corrected chi connectivity index (χ3v) is 3.81. The molecule has 2 nitrogen and oxygen atoms in total. The lowest BCUT2D eigenvalue weighted by atomic mass is 10.2. The predicted octanol–water partition coefficient (Wildman–Crippen LogP) is 4.28. The van der Waals surface area contributed by atoms with Crippen LogP contribution in [-0.4, -0.2) is 5.11 Å². The number of hydrogen-bond acceptors (Lipinski definition) is 2. The highest BCUT2D eigenvalue weighted by Crippen LogP contribution is 2.23. The molecule has 4 heteroatoms. The van der Waals surface area contributed by atoms with Crippen molar-refractivity contribution in [2.75, 3.05) is 0 Å². The molecule has 0 radical (unpaired) electrons. The maximum Gasteiger partial charge on any atom is 0.120 e. The average Bonchev–Trinajstić information content (AvgIpc) is 2.39. The van der Waals surface area contributed by atoms with Crippen LogP contribution in [0.25, 0.3) is 0 Å². The first-order valence-corrected chi connectivity index (χ1v) is 7.04. The molecule has 0 atom stereocenters. The Morgan fingerprint density at radius 2 is 1.72 bits per heavy atom. The minimum Gasteiger partial charge on any atom is -0.489 e. The standard InChI is InChI=1S/C14H12Br2O2/c15-12-3-1-10(2-4-12)9-18-13-5-6-14(16)11(7-13)8-17/h1-7,17H,8-9H2. The van der Waals surface area contributed by atoms with Gasteiger partial charge in [0.05, 0.1) is 6.61 Å². The number of halogens is 2. The van der Waals surface area contributed by atoms with Gasteiger partial charge in [-0.05, 0) is 41.5 Å². The number of aliphatic hydroxyl groups is 1. The van der Waals surface area contributed by atoms with Crippen LogP contribution in [0, 0.1) is 0 Å². The zero-order valence-corrected chi connectivity index (χ0v) is 12.7. The zero-order chi connectivity index (χ0) is 13.0. The number of hydrogen-bond donors (Lipinski definition) is 1. The normalized spacial score (nSPS) is 10.4. The SMILES string of the molecule is OCc1cc(OCc2ccc(Br)cc2)ccc1Br. The molecule has 0 spiro atoms. The van der Waals surface area contributed by atoms with Crippen LogP contribution < -0.4 is 4.74 Å². The lowest BCUT2D eigenvalue weighted by Gasteiger charge is -2.08. The third-order valence-electron chi connectivity index (χ3n) is 2.51. The molecule has 0 aliphatic rings. The molecule has 0 amide bonds. The van der Waals surface area contributed by atoms with Gasteiger partial charge in [0.25, 0.3) is 0 Å². The Hall–Kier alpha value is -0.840. The molecular weight excluding hydrogens is 360 g/mol. The molecule has 18 heavy (non-hydrogen) atoms. The van der Waals surface area contributed by atoms with Gasteiger partial charge in [-0.25, -0.2) is 0 Å². The van der Waals surface area contributed by atoms with Crippen LogP contribution in [0.3, 0.4) is 0 Å². The van der Waals surface area contributed by atoms with Crippen molar-refractivity contribution in [3.63, 3.8) is 0 Å². The highest BCUT2D eigenvalue weighted by molar-refractivity contribution is 9.10. The fourth-order valence-electron chi connectivity index (χ4n) is 1.51. The van der Waals surface area contributed by atoms with E-state index in [1.807, 2.05) is 42.5 Å². The highest BCUT2D eigenvalue weighted by atomic mass is 79.9. The first kappa shape index (κ1) is 13.6. The summed E-state index contributed by atoms with van der Waals surface area (Å²) in [4.78, 5) is 0. The lowest BCUT2D eigenvalue weighted by Crippen LogP contribution is -1.96. The molecule has 0 aliphatic heterocycles. The van der Waals surface area contributed by atoms with E-state index in [4.69, 9.17) is 9.84 Å². The van der Waals surface area contributed by atoms with Crippen molar-refractivity contribution in [2.45, 2.75) is 13.2 Å². The smallest absolute Gasteiger partial charge is 0.120 e. The second-order valence-electron chi connectivity index (χ2n) is 3.83. The van der Waals surface area contributed by atoms with E-state index in [0.29, 0.717) is 6.61 Å². The van der Waals surface area contributed by atoms with Gasteiger partial charge in [0.1, 0.15) is 12.4 Å². The predicted molar refractivity (Wildman–Crippen MR) is 78.5 cm³/mol. The summed E-state index contributed by atoms with van der Waals surface area (Å²) in [5, 5.41) is 9.17. The van der Waals surface area contributed by atoms with Crippen molar-refractivity contribution in [2.24, 2.45) is 0 Å². The van der Waals surface area contributed by atoms with Gasteiger partial charge in [-0.2, -0.15) is 0 Å². The van der Waals surface area contributed by atoms with Gasteiger partial charge in [0.2, 0.25) is 0 Å². The molecule has 2 aromatic rings. The van der Waals surface area contributed by atoms with E-state index in [9.17, 15) is 0 Å². The van der Waals surface area contributed by atoms with Gasteiger partial charge in [-0.3, -0.25) is 0 Å². The molecule has 0 saturated heterocycles. The quantitative estimate of drug-likeness (QED) is 0.868. The van der Waals surface area contributed by atoms with E-state index < -0.39 is 0 Å². The Morgan fingerprint density at radius 3 is 2.39 bits per heavy atom. The van der Waals surface area contributed by atoms with Crippen LogP contribution in [0.4, 0.5) is 0 Å². The van der Waals surface area contributed by atoms with Crippen LogP contribution in [-0.2, 0) is 13.2 Å². The van der Waals surface area contributed by atoms with E-state index in [2.05, 4.69) is 31.9 Å². The average molecular weight is 372 g/mol. The minimum absolute atomic E-state index is 0.00390. The van der Waals surface area contributed by atoms with Crippen molar-refractivity contribution < 1.29 is 9.84 Å². The second-order valence-corrected chi connectivity index (χ2v) is 5.60. The van der Waals surface area contributed by atoms with Gasteiger partial charge in [-0.15, -0.1) is 0 Å². The van der Waals surface area contributed by atoms with Crippen LogP contribution in [0.2, 0.25) is 0 Å². The van der Waals surface area contributed by atoms with E-state index >= 15 is 0 Å². The Bertz CT molecular complexity index is 524. The van der Waals surface area contributed by atoms with Crippen molar-refractivity contribution in [1.29, 1.82) is 0 Å². The van der Waals surface area contributed by atoms with E-state index in [1.165, 1.54) is 0 Å². The Kier molecular flexibility index (Phi) is 4.80. The second kappa shape index (κ2) is 6.36. The molecule has 2 rings (SSSR count). The third kappa shape index (κ3) is 3.57. The fourth-order valence-corrected chi connectivity index (χ4v) is 2.15. The number of benzene rings is 2. The lowest BCUT2D eigenvalue weighted by molar-refractivity contribution is 0.277. The maximum absolute atomic E-state index is 9.17. The van der Waals surface area contributed by atoms with Gasteiger partial charge >= 0.3 is 0 Å². The van der Waals surface area contributed by atoms with E-state index in [1.54, 1.807) is 0 Å². The molecule has 0 aliphatic carbocycles. The molecule has 94 valence electrons. The number of ether oxygens (including phenoxy) is 1. The van der Waals surface area contributed by atoms with Crippen molar-refractivity contribution in [3.05, 3.63) is 62.5 Å². The molecule has 0 aromatic heterocycles. The Balaban J connectivity index is 2.04. The highest BCUT2D eigenvalue weighted by Gasteiger charge is 2.02. The maximum atomic E-state index is 9.17. The number of aliphatic hydroxyl groups excluding tert-OH is 1. The van der Waals surface area contributed by atoms with Crippen LogP contribution in [0.15, 0.2) is 51.4 Å². The van der Waals surface area contributed by atoms with Crippen molar-refractivity contribution >= 4 is 31.9 Å². The van der Waals surface area contributed by atoms with Crippen LogP contribution >= 0.6 is 31.9 Å². The summed E-state index contributed by atoms with van der Waals surface area (Å²) in [6.45, 7) is 0.510. The largest absolute Gasteiger partial charge is 0.489 e. The molecule has 0 fully saturated rings. The topological polar surface area (TPSA) is 29.5 Å². The van der Waals surface area contributed by atoms with Gasteiger partial charge in [-0.1, -0.05) is 44.0 Å². The Labute approximate surface area is 123 Å². The monoisotopic (exact) mass is 370 g/mol. The minimum atomic E-state index is -0.00390. The zero-order valence-electron chi connectivity index (χ0n) is 9.57. The molecule has 0 saturated carbocycles. The molecule has 0 heterocycles. The Morgan fingerprint density at radius 1 is 1.00 bits per heavy atom. The summed E-state index contributed by atoms with van der Waals surface area (Å²) in [6.07, 6.45) is 0. The van der Waals surface area contributed by atoms with Gasteiger partial charge < -0.3 is 9.84 Å². The number of rotatable bonds is 4. The first-order valence-electron chi connectivity index (χ1n) is 5.45. The fraction of sp³-hybridized carbons (Fsp3) is 0.143. The van der Waals surface area contributed by atoms with Crippen molar-refractivity contribution in [3.8, 4) is 5.75 Å². The molecular formula is C14H12Br2O2. The molecule has 0 bridgehead atoms. The molecule has 1 N–H and O–H groups in total. The first-order chi connectivity index (χ1) is 8.69. The molecule has 2 aromatic carbocycles. The van der Waals surface area contributed by atoms with E-state index in [-0.39, 0.29) is 6.61 Å². The summed E-state index contributed by atoms with van der Waals surface area (Å²) in [5.41, 5.74) is 1.93. The van der Waals surface area contributed by atoms with E-state index in [0.717, 1.165) is 25.8 Å². The molecule has 0 unspecified atom stereocenters. The summed E-state index contributed by atoms with van der Waals surface area (Å²) >= 11 is 6.77. The van der Waals surface area contributed by atoms with Crippen molar-refractivity contribution in [1.82, 2.24) is 0 Å². The summed E-state index contributed by atoms with van der Waals surface area (Å²) in [7, 11) is 0. The van der Waals surface area contributed by atoms with Crippen LogP contribution in [0.5, 0.6) is 5.75 Å². The van der Waals surface area contributed by atoms with Crippen LogP contribution in [0.1, 0.15) is 11.1 Å². The van der Waals surface area contributed by atoms with Gasteiger partial charge in [0.15, 0.2) is 0 Å².